The highest BCUT2D eigenvalue weighted by Crippen LogP contribution is 2.30. The number of benzene rings is 3. The second-order valence-electron chi connectivity index (χ2n) is 23.0. The minimum Gasteiger partial charge on any atom is -0.507 e. The number of aromatic hydroxyl groups is 1. The number of rotatable bonds is 14. The van der Waals surface area contributed by atoms with Gasteiger partial charge in [0.15, 0.2) is 6.10 Å². The lowest BCUT2D eigenvalue weighted by molar-refractivity contribution is -0.435. The van der Waals surface area contributed by atoms with Gasteiger partial charge >= 0.3 is 0 Å². The van der Waals surface area contributed by atoms with Crippen LogP contribution in [-0.4, -0.2) is 233 Å². The molecule has 5 fully saturated rings. The van der Waals surface area contributed by atoms with E-state index in [4.69, 9.17) is 11.8 Å². The smallest absolute Gasteiger partial charge is 0.251 e. The standard InChI is InChI=1S/C58H76N10O18S/c1-31-29-68-50(51(31)75)56(80)60-27-39(70)25-41(61-52(76)36-12-10-34(11-13-36)35-14-16-38(17-15-35)66-21-19-65(20-22-66)37-7-5-4-6-8-37)53(77)62-47(32(2)69)57(81)67-30-40(71)26-42(67)54(78)63-48(55(79)64-49(58(68)82)45(74)28-59-3)44(73)23-33-9-18-43(72)46(24-33)87(84)86-85-83/h9-18,24,31-32,37,39-42,44-45,47-51,69-75,83H,4-8,19-23,25-30H2,1-2H3,(H,60,80)(H,61,76)(H,62,77)(H,63,78)(H,64,79)/t31?,32?,39-,40?,41-,42?,44+,45+,47?,48?,49-,50?,51-,87?/m0/s1. The topological polar surface area (TPSA) is 394 Å². The van der Waals surface area contributed by atoms with Gasteiger partial charge in [0.2, 0.25) is 53.1 Å². The Hall–Kier alpha value is -7.21. The predicted octanol–water partition coefficient (Wildman–Crippen LogP) is -2.17. The number of fused-ring (bicyclic) bond motifs is 2. The zero-order valence-electron chi connectivity index (χ0n) is 48.1. The van der Waals surface area contributed by atoms with Gasteiger partial charge in [-0.2, -0.15) is 0 Å². The Morgan fingerprint density at radius 1 is 0.759 bits per heavy atom. The first-order valence-corrected chi connectivity index (χ1v) is 30.1. The quantitative estimate of drug-likeness (QED) is 0.0464. The van der Waals surface area contributed by atoms with Crippen LogP contribution in [0.4, 0.5) is 5.69 Å². The molecule has 1 saturated carbocycles. The Kier molecular flexibility index (Phi) is 22.4. The van der Waals surface area contributed by atoms with E-state index in [0.717, 1.165) is 71.8 Å². The number of anilines is 1. The number of nitrogens with zero attached hydrogens (tertiary/aromatic N) is 5. The van der Waals surface area contributed by atoms with Gasteiger partial charge in [-0.3, -0.25) is 38.5 Å². The minimum absolute atomic E-state index is 0.00417. The Balaban J connectivity index is 1.06. The normalized spacial score (nSPS) is 28.3. The SMILES string of the molecule is [C-]#[N+]C[C@@H](O)[C@@H]1NC(=O)C([C@H](O)Cc2ccc(O)c(S(=O)OOO)c2)NC(=O)C2CC(O)CN2C(=O)C(C(C)O)NC(=O)[C@@H](NC(=O)c2ccc(-c3ccc(N4CCN(C5CCCCC5)CC4)cc3)cc2)C[C@H](O)CNC(=O)C2[C@@H](O)C(C)CN2C1=O. The van der Waals surface area contributed by atoms with Gasteiger partial charge in [0.1, 0.15) is 46.9 Å². The monoisotopic (exact) mass is 1230 g/mol. The summed E-state index contributed by atoms with van der Waals surface area (Å²) in [5.41, 5.74) is 2.81. The van der Waals surface area contributed by atoms with E-state index in [0.29, 0.717) is 6.04 Å². The molecule has 1 aliphatic carbocycles. The first kappa shape index (κ1) is 65.8. The predicted molar refractivity (Wildman–Crippen MR) is 308 cm³/mol. The number of carbonyl (C=O) groups excluding carboxylic acids is 7. The van der Waals surface area contributed by atoms with Crippen molar-refractivity contribution in [3.05, 3.63) is 89.3 Å². The highest BCUT2D eigenvalue weighted by atomic mass is 32.2. The molecule has 3 aromatic rings. The number of phenols is 1. The molecule has 8 unspecified atom stereocenters. The number of phenolic OH excluding ortho intramolecular Hbond substituents is 1. The molecule has 7 amide bonds. The third-order valence-corrected chi connectivity index (χ3v) is 17.8. The van der Waals surface area contributed by atoms with E-state index in [-0.39, 0.29) is 17.7 Å². The second-order valence-corrected chi connectivity index (χ2v) is 24.0. The van der Waals surface area contributed by atoms with Crippen LogP contribution >= 0.6 is 0 Å². The van der Waals surface area contributed by atoms with Crippen LogP contribution in [0.3, 0.4) is 0 Å². The van der Waals surface area contributed by atoms with E-state index < -0.39 is 181 Å². The number of aliphatic hydroxyl groups excluding tert-OH is 6. The fourth-order valence-electron chi connectivity index (χ4n) is 12.1. The van der Waals surface area contributed by atoms with Crippen molar-refractivity contribution in [3.8, 4) is 16.9 Å². The minimum atomic E-state index is -2.66. The summed E-state index contributed by atoms with van der Waals surface area (Å²) in [6, 6.07) is 6.99. The summed E-state index contributed by atoms with van der Waals surface area (Å²) >= 11 is -2.66. The molecule has 0 aromatic heterocycles. The molecule has 4 heterocycles. The number of nitrogens with one attached hydrogen (secondary N) is 5. The van der Waals surface area contributed by atoms with E-state index in [1.165, 1.54) is 57.2 Å². The van der Waals surface area contributed by atoms with Crippen LogP contribution in [0.15, 0.2) is 71.6 Å². The molecule has 87 heavy (non-hydrogen) atoms. The van der Waals surface area contributed by atoms with Crippen molar-refractivity contribution >= 4 is 58.1 Å². The Morgan fingerprint density at radius 2 is 1.39 bits per heavy atom. The number of piperazine rings is 1. The van der Waals surface area contributed by atoms with Crippen molar-refractivity contribution < 1.29 is 88.1 Å². The fourth-order valence-corrected chi connectivity index (χ4v) is 12.7. The maximum absolute atomic E-state index is 14.6. The second kappa shape index (κ2) is 29.7. The van der Waals surface area contributed by atoms with Gasteiger partial charge in [-0.15, -0.1) is 0 Å². The molecule has 29 heteroatoms. The van der Waals surface area contributed by atoms with Gasteiger partial charge < -0.3 is 81.9 Å². The molecule has 3 aromatic carbocycles. The number of β-amino-alcohol motifs (C(OH)–C–C–N with tert-alkyl or cyclic N) is 1. The summed E-state index contributed by atoms with van der Waals surface area (Å²) in [7, 11) is 0. The van der Waals surface area contributed by atoms with Gasteiger partial charge in [-0.05, 0) is 72.9 Å². The number of hydrogen-bond acceptors (Lipinski definition) is 20. The van der Waals surface area contributed by atoms with Crippen LogP contribution in [-0.2, 0) is 55.6 Å². The fraction of sp³-hybridized carbons (Fsp3) is 0.552. The lowest BCUT2D eigenvalue weighted by Gasteiger charge is -2.41. The average molecular weight is 1230 g/mol. The third-order valence-electron chi connectivity index (χ3n) is 16.9. The first-order chi connectivity index (χ1) is 41.6. The maximum atomic E-state index is 14.6. The molecule has 8 rings (SSSR count). The van der Waals surface area contributed by atoms with Crippen molar-refractivity contribution in [2.24, 2.45) is 5.92 Å². The number of hydrogen-bond donors (Lipinski definition) is 13. The van der Waals surface area contributed by atoms with E-state index in [1.807, 2.05) is 12.1 Å². The summed E-state index contributed by atoms with van der Waals surface area (Å²) in [5.74, 6) is -9.48. The van der Waals surface area contributed by atoms with Crippen LogP contribution in [0.2, 0.25) is 0 Å². The van der Waals surface area contributed by atoms with Crippen molar-refractivity contribution in [1.29, 1.82) is 0 Å². The zero-order chi connectivity index (χ0) is 62.8. The number of carbonyl (C=O) groups is 7. The summed E-state index contributed by atoms with van der Waals surface area (Å²) in [6.07, 6.45) is -6.03. The highest BCUT2D eigenvalue weighted by Gasteiger charge is 2.50. The van der Waals surface area contributed by atoms with Crippen molar-refractivity contribution in [3.63, 3.8) is 0 Å². The van der Waals surface area contributed by atoms with Crippen molar-refractivity contribution in [1.82, 2.24) is 41.3 Å². The van der Waals surface area contributed by atoms with Crippen molar-refractivity contribution in [2.45, 2.75) is 149 Å². The molecular weight excluding hydrogens is 1160 g/mol. The summed E-state index contributed by atoms with van der Waals surface area (Å²) in [4.78, 5) is 110. The van der Waals surface area contributed by atoms with E-state index >= 15 is 0 Å². The molecule has 0 spiro atoms. The molecule has 28 nitrogen and oxygen atoms in total. The third kappa shape index (κ3) is 15.9. The summed E-state index contributed by atoms with van der Waals surface area (Å²) in [6.45, 7) is 11.5. The largest absolute Gasteiger partial charge is 0.507 e. The van der Waals surface area contributed by atoms with Gasteiger partial charge in [0.25, 0.3) is 5.91 Å². The Morgan fingerprint density at radius 3 is 2.03 bits per heavy atom. The molecule has 14 atom stereocenters. The van der Waals surface area contributed by atoms with Crippen molar-refractivity contribution in [2.75, 3.05) is 57.3 Å². The van der Waals surface area contributed by atoms with E-state index in [2.05, 4.69) is 62.7 Å². The van der Waals surface area contributed by atoms with E-state index in [1.54, 1.807) is 12.1 Å². The summed E-state index contributed by atoms with van der Waals surface area (Å²) in [5, 5.41) is 103. The van der Waals surface area contributed by atoms with Gasteiger partial charge in [0.05, 0.1) is 30.5 Å². The molecule has 4 aliphatic heterocycles. The van der Waals surface area contributed by atoms with E-state index in [9.17, 15) is 73.5 Å². The molecule has 472 valence electrons. The van der Waals surface area contributed by atoms with Crippen LogP contribution in [0.25, 0.3) is 16.0 Å². The molecule has 4 saturated heterocycles. The molecule has 0 radical (unpaired) electrons. The van der Waals surface area contributed by atoms with Gasteiger partial charge in [-0.1, -0.05) is 65.9 Å². The Bertz CT molecular complexity index is 3010. The van der Waals surface area contributed by atoms with Crippen LogP contribution in [0.1, 0.15) is 74.7 Å². The van der Waals surface area contributed by atoms with Crippen LogP contribution in [0.5, 0.6) is 5.75 Å². The summed E-state index contributed by atoms with van der Waals surface area (Å²) < 4.78 is 16.7. The lowest BCUT2D eigenvalue weighted by atomic mass is 9.94. The maximum Gasteiger partial charge on any atom is 0.251 e. The van der Waals surface area contributed by atoms with Crippen LogP contribution in [0, 0.1) is 12.5 Å². The van der Waals surface area contributed by atoms with Gasteiger partial charge in [0, 0.05) is 88.3 Å². The average Bonchev–Trinajstić information content (AvgIpc) is 2.46. The Labute approximate surface area is 504 Å². The number of amides is 7. The first-order valence-electron chi connectivity index (χ1n) is 29.0. The lowest BCUT2D eigenvalue weighted by Crippen LogP contribution is -2.64. The van der Waals surface area contributed by atoms with Crippen LogP contribution < -0.4 is 31.5 Å². The zero-order valence-corrected chi connectivity index (χ0v) is 48.9. The highest BCUT2D eigenvalue weighted by molar-refractivity contribution is 7.80. The molecule has 13 N–H and O–H groups in total. The van der Waals surface area contributed by atoms with Gasteiger partial charge in [-0.25, -0.2) is 16.0 Å². The molecular formula is C58H76N10O18S. The molecule has 0 bridgehead atoms. The number of aliphatic hydroxyl groups is 6. The molecule has 5 aliphatic rings.